The van der Waals surface area contributed by atoms with Gasteiger partial charge in [-0.3, -0.25) is 4.79 Å². The summed E-state index contributed by atoms with van der Waals surface area (Å²) in [7, 11) is 1.90. The zero-order chi connectivity index (χ0) is 16.7. The minimum atomic E-state index is -0.351. The van der Waals surface area contributed by atoms with Crippen LogP contribution in [0.2, 0.25) is 5.02 Å². The number of rotatable bonds is 5. The summed E-state index contributed by atoms with van der Waals surface area (Å²) in [6, 6.07) is 7.23. The van der Waals surface area contributed by atoms with Crippen LogP contribution in [0, 0.1) is 0 Å². The number of likely N-dealkylation sites (N-methyl/N-ethyl adjacent to an activating group) is 1. The summed E-state index contributed by atoms with van der Waals surface area (Å²) in [4.78, 5) is 25.7. The molecule has 1 aromatic carbocycles. The third-order valence-electron chi connectivity index (χ3n) is 3.95. The fraction of sp³-hybridized carbons (Fsp3) is 0.500. The molecule has 1 fully saturated rings. The molecule has 1 aromatic rings. The molecule has 0 aliphatic carbocycles. The first-order chi connectivity index (χ1) is 11.1. The third-order valence-corrected chi connectivity index (χ3v) is 4.20. The van der Waals surface area contributed by atoms with Crippen molar-refractivity contribution >= 4 is 35.9 Å². The zero-order valence-electron chi connectivity index (χ0n) is 13.7. The second-order valence-corrected chi connectivity index (χ2v) is 6.07. The molecule has 0 spiro atoms. The van der Waals surface area contributed by atoms with Crippen LogP contribution in [0.3, 0.4) is 0 Å². The lowest BCUT2D eigenvalue weighted by Crippen LogP contribution is -2.50. The summed E-state index contributed by atoms with van der Waals surface area (Å²) in [6.45, 7) is 1.86. The Morgan fingerprint density at radius 2 is 1.96 bits per heavy atom. The van der Waals surface area contributed by atoms with Crippen LogP contribution in [0.5, 0.6) is 0 Å². The Morgan fingerprint density at radius 1 is 1.25 bits per heavy atom. The molecular formula is C16H24Cl2N4O2. The number of carbonyl (C=O) groups excluding carboxylic acids is 2. The lowest BCUT2D eigenvalue weighted by atomic mass is 10.1. The van der Waals surface area contributed by atoms with E-state index in [9.17, 15) is 9.59 Å². The molecule has 0 bridgehead atoms. The van der Waals surface area contributed by atoms with Gasteiger partial charge in [0.25, 0.3) is 0 Å². The summed E-state index contributed by atoms with van der Waals surface area (Å²) >= 11 is 5.81. The number of halogens is 2. The number of nitrogens with zero attached hydrogens (tertiary/aromatic N) is 1. The molecule has 134 valence electrons. The van der Waals surface area contributed by atoms with Crippen molar-refractivity contribution in [2.45, 2.75) is 25.4 Å². The topological polar surface area (TPSA) is 73.5 Å². The smallest absolute Gasteiger partial charge is 0.315 e. The fourth-order valence-electron chi connectivity index (χ4n) is 2.55. The normalized spacial score (nSPS) is 16.9. The number of carbonyl (C=O) groups is 2. The van der Waals surface area contributed by atoms with Crippen molar-refractivity contribution in [3.05, 3.63) is 34.9 Å². The Kier molecular flexibility index (Phi) is 8.89. The van der Waals surface area contributed by atoms with E-state index in [1.165, 1.54) is 0 Å². The molecule has 6 nitrogen and oxygen atoms in total. The highest BCUT2D eigenvalue weighted by atomic mass is 35.5. The van der Waals surface area contributed by atoms with E-state index in [1.807, 2.05) is 19.2 Å². The second kappa shape index (κ2) is 10.4. The maximum absolute atomic E-state index is 12.1. The number of benzene rings is 1. The maximum Gasteiger partial charge on any atom is 0.315 e. The summed E-state index contributed by atoms with van der Waals surface area (Å²) in [5.41, 5.74) is 0.948. The Labute approximate surface area is 153 Å². The Hall–Kier alpha value is -1.50. The van der Waals surface area contributed by atoms with Crippen LogP contribution in [-0.4, -0.2) is 49.6 Å². The average molecular weight is 375 g/mol. The summed E-state index contributed by atoms with van der Waals surface area (Å²) in [5.74, 6) is -0.0495. The van der Waals surface area contributed by atoms with Crippen molar-refractivity contribution in [2.24, 2.45) is 0 Å². The molecule has 1 unspecified atom stereocenters. The van der Waals surface area contributed by atoms with Crippen LogP contribution in [0.25, 0.3) is 0 Å². The van der Waals surface area contributed by atoms with Gasteiger partial charge in [0.05, 0.1) is 6.54 Å². The van der Waals surface area contributed by atoms with Crippen molar-refractivity contribution in [3.8, 4) is 0 Å². The van der Waals surface area contributed by atoms with Crippen molar-refractivity contribution in [1.29, 1.82) is 0 Å². The van der Waals surface area contributed by atoms with E-state index in [0.717, 1.165) is 24.9 Å². The quantitative estimate of drug-likeness (QED) is 0.735. The van der Waals surface area contributed by atoms with Crippen LogP contribution in [-0.2, 0) is 11.3 Å². The van der Waals surface area contributed by atoms with Crippen LogP contribution in [0.15, 0.2) is 24.3 Å². The molecule has 3 amide bonds. The van der Waals surface area contributed by atoms with E-state index < -0.39 is 0 Å². The van der Waals surface area contributed by atoms with Gasteiger partial charge in [-0.15, -0.1) is 12.4 Å². The molecule has 1 saturated heterocycles. The third kappa shape index (κ3) is 6.55. The highest BCUT2D eigenvalue weighted by Crippen LogP contribution is 2.10. The number of amides is 3. The molecule has 1 aliphatic heterocycles. The van der Waals surface area contributed by atoms with Crippen LogP contribution in [0.1, 0.15) is 18.4 Å². The van der Waals surface area contributed by atoms with Gasteiger partial charge in [-0.05, 0) is 37.6 Å². The van der Waals surface area contributed by atoms with Gasteiger partial charge in [0, 0.05) is 30.7 Å². The molecule has 1 atom stereocenters. The molecule has 8 heteroatoms. The van der Waals surface area contributed by atoms with Gasteiger partial charge in [-0.1, -0.05) is 23.7 Å². The molecule has 3 N–H and O–H groups in total. The first-order valence-corrected chi connectivity index (χ1v) is 8.17. The lowest BCUT2D eigenvalue weighted by molar-refractivity contribution is -0.131. The highest BCUT2D eigenvalue weighted by Gasteiger charge is 2.22. The van der Waals surface area contributed by atoms with E-state index in [1.54, 1.807) is 17.0 Å². The molecular weight excluding hydrogens is 351 g/mol. The molecule has 0 saturated carbocycles. The molecule has 0 radical (unpaired) electrons. The summed E-state index contributed by atoms with van der Waals surface area (Å²) in [5, 5.41) is 9.18. The van der Waals surface area contributed by atoms with Crippen LogP contribution >= 0.6 is 24.0 Å². The predicted octanol–water partition coefficient (Wildman–Crippen LogP) is 1.77. The number of likely N-dealkylation sites (tertiary alicyclic amines) is 1. The van der Waals surface area contributed by atoms with Gasteiger partial charge < -0.3 is 20.9 Å². The maximum atomic E-state index is 12.1. The van der Waals surface area contributed by atoms with Gasteiger partial charge in [0.1, 0.15) is 0 Å². The highest BCUT2D eigenvalue weighted by molar-refractivity contribution is 6.30. The zero-order valence-corrected chi connectivity index (χ0v) is 15.3. The first kappa shape index (κ1) is 20.5. The monoisotopic (exact) mass is 374 g/mol. The SMILES string of the molecule is CNC1CCCN(C(=O)CNC(=O)NCc2ccc(Cl)cc2)C1.Cl. The van der Waals surface area contributed by atoms with Gasteiger partial charge in [-0.25, -0.2) is 4.79 Å². The minimum absolute atomic E-state index is 0. The second-order valence-electron chi connectivity index (χ2n) is 5.63. The van der Waals surface area contributed by atoms with Crippen molar-refractivity contribution < 1.29 is 9.59 Å². The van der Waals surface area contributed by atoms with Crippen LogP contribution in [0.4, 0.5) is 4.79 Å². The number of hydrogen-bond acceptors (Lipinski definition) is 3. The van der Waals surface area contributed by atoms with Gasteiger partial charge >= 0.3 is 6.03 Å². The van der Waals surface area contributed by atoms with E-state index >= 15 is 0 Å². The average Bonchev–Trinajstić information content (AvgIpc) is 2.59. The molecule has 1 aliphatic rings. The number of urea groups is 1. The fourth-order valence-corrected chi connectivity index (χ4v) is 2.68. The van der Waals surface area contributed by atoms with E-state index in [-0.39, 0.29) is 30.9 Å². The standard InChI is InChI=1S/C16H23ClN4O2.ClH/c1-18-14-3-2-8-21(11-14)15(22)10-20-16(23)19-9-12-4-6-13(17)7-5-12;/h4-7,14,18H,2-3,8-11H2,1H3,(H2,19,20,23);1H. The largest absolute Gasteiger partial charge is 0.340 e. The van der Waals surface area contributed by atoms with E-state index in [4.69, 9.17) is 11.6 Å². The van der Waals surface area contributed by atoms with Crippen LogP contribution < -0.4 is 16.0 Å². The molecule has 0 aromatic heterocycles. The first-order valence-electron chi connectivity index (χ1n) is 7.79. The number of piperidine rings is 1. The van der Waals surface area contributed by atoms with Crippen molar-refractivity contribution in [1.82, 2.24) is 20.9 Å². The Morgan fingerprint density at radius 3 is 2.62 bits per heavy atom. The lowest BCUT2D eigenvalue weighted by Gasteiger charge is -2.32. The summed E-state index contributed by atoms with van der Waals surface area (Å²) < 4.78 is 0. The molecule has 24 heavy (non-hydrogen) atoms. The predicted molar refractivity (Wildman–Crippen MR) is 97.6 cm³/mol. The van der Waals surface area contributed by atoms with Crippen molar-refractivity contribution in [3.63, 3.8) is 0 Å². The summed E-state index contributed by atoms with van der Waals surface area (Å²) in [6.07, 6.45) is 2.06. The minimum Gasteiger partial charge on any atom is -0.340 e. The van der Waals surface area contributed by atoms with E-state index in [0.29, 0.717) is 24.2 Å². The van der Waals surface area contributed by atoms with Gasteiger partial charge in [0.2, 0.25) is 5.91 Å². The Balaban J connectivity index is 0.00000288. The van der Waals surface area contributed by atoms with Crippen molar-refractivity contribution in [2.75, 3.05) is 26.7 Å². The number of nitrogens with one attached hydrogen (secondary N) is 3. The Bertz CT molecular complexity index is 539. The van der Waals surface area contributed by atoms with Gasteiger partial charge in [0.15, 0.2) is 0 Å². The van der Waals surface area contributed by atoms with E-state index in [2.05, 4.69) is 16.0 Å². The molecule has 1 heterocycles. The van der Waals surface area contributed by atoms with Gasteiger partial charge in [-0.2, -0.15) is 0 Å². The molecule has 2 rings (SSSR count). The number of hydrogen-bond donors (Lipinski definition) is 3.